The highest BCUT2D eigenvalue weighted by Gasteiger charge is 2.33. The van der Waals surface area contributed by atoms with Gasteiger partial charge in [0, 0.05) is 6.42 Å². The number of aryl methyl sites for hydroxylation is 2. The highest BCUT2D eigenvalue weighted by atomic mass is 35.5. The normalized spacial score (nSPS) is 16.5. The largest absolute Gasteiger partial charge is 0.439 e. The summed E-state index contributed by atoms with van der Waals surface area (Å²) in [4.78, 5) is 12.2. The van der Waals surface area contributed by atoms with Crippen molar-refractivity contribution in [2.75, 3.05) is 5.75 Å². The Labute approximate surface area is 118 Å². The van der Waals surface area contributed by atoms with Crippen LogP contribution >= 0.6 is 23.4 Å². The van der Waals surface area contributed by atoms with Crippen LogP contribution in [0.3, 0.4) is 0 Å². The molecule has 0 bridgehead atoms. The van der Waals surface area contributed by atoms with Crippen molar-refractivity contribution in [2.45, 2.75) is 28.5 Å². The Morgan fingerprint density at radius 2 is 2.16 bits per heavy atom. The number of sulfone groups is 1. The van der Waals surface area contributed by atoms with Gasteiger partial charge in [0.15, 0.2) is 9.84 Å². The van der Waals surface area contributed by atoms with Crippen molar-refractivity contribution in [2.24, 2.45) is 0 Å². The Kier molecular flexibility index (Phi) is 3.03. The van der Waals surface area contributed by atoms with Crippen LogP contribution in [0.5, 0.6) is 0 Å². The molecule has 19 heavy (non-hydrogen) atoms. The maximum atomic E-state index is 12.0. The maximum Gasteiger partial charge on any atom is 0.262 e. The third-order valence-electron chi connectivity index (χ3n) is 2.58. The van der Waals surface area contributed by atoms with Crippen molar-refractivity contribution in [1.29, 1.82) is 0 Å². The lowest BCUT2D eigenvalue weighted by Crippen LogP contribution is -2.03. The van der Waals surface area contributed by atoms with Gasteiger partial charge in [0.1, 0.15) is 16.2 Å². The van der Waals surface area contributed by atoms with E-state index in [0.29, 0.717) is 23.0 Å². The van der Waals surface area contributed by atoms with Gasteiger partial charge < -0.3 is 4.42 Å². The molecule has 3 heterocycles. The number of nitrogens with zero attached hydrogens (tertiary/aromatic N) is 3. The third-order valence-corrected chi connectivity index (χ3v) is 5.52. The molecule has 2 aromatic rings. The average molecular weight is 318 g/mol. The number of aromatic nitrogens is 3. The molecular formula is C10H8ClN3O3S2. The highest BCUT2D eigenvalue weighted by Crippen LogP contribution is 2.36. The van der Waals surface area contributed by atoms with Crippen molar-refractivity contribution in [3.63, 3.8) is 0 Å². The zero-order valence-corrected chi connectivity index (χ0v) is 12.1. The molecular weight excluding hydrogens is 310 g/mol. The van der Waals surface area contributed by atoms with Crippen LogP contribution < -0.4 is 0 Å². The number of halogens is 1. The Morgan fingerprint density at radius 3 is 2.84 bits per heavy atom. The van der Waals surface area contributed by atoms with Crippen LogP contribution in [0.15, 0.2) is 25.8 Å². The van der Waals surface area contributed by atoms with Crippen LogP contribution in [0.2, 0.25) is 5.28 Å². The van der Waals surface area contributed by atoms with Gasteiger partial charge in [-0.3, -0.25) is 0 Å². The first-order valence-corrected chi connectivity index (χ1v) is 8.19. The summed E-state index contributed by atoms with van der Waals surface area (Å²) < 4.78 is 29.2. The van der Waals surface area contributed by atoms with Crippen LogP contribution in [0, 0.1) is 6.92 Å². The van der Waals surface area contributed by atoms with E-state index < -0.39 is 9.84 Å². The summed E-state index contributed by atoms with van der Waals surface area (Å²) >= 11 is 6.85. The topological polar surface area (TPSA) is 86.0 Å². The summed E-state index contributed by atoms with van der Waals surface area (Å²) in [7, 11) is -3.34. The molecule has 2 aromatic heterocycles. The van der Waals surface area contributed by atoms with Gasteiger partial charge in [-0.1, -0.05) is 0 Å². The first kappa shape index (κ1) is 12.9. The van der Waals surface area contributed by atoms with Crippen molar-refractivity contribution < 1.29 is 12.8 Å². The van der Waals surface area contributed by atoms with Crippen LogP contribution in [0.25, 0.3) is 0 Å². The zero-order valence-electron chi connectivity index (χ0n) is 9.75. The zero-order chi connectivity index (χ0) is 13.6. The molecule has 0 atom stereocenters. The molecule has 0 amide bonds. The molecule has 0 spiro atoms. The third kappa shape index (κ3) is 2.35. The molecule has 100 valence electrons. The van der Waals surface area contributed by atoms with E-state index in [1.165, 1.54) is 6.26 Å². The molecule has 6 nitrogen and oxygen atoms in total. The summed E-state index contributed by atoms with van der Waals surface area (Å²) in [6, 6.07) is 0. The number of rotatable bonds is 2. The van der Waals surface area contributed by atoms with Crippen molar-refractivity contribution >= 4 is 33.2 Å². The standard InChI is InChI=1S/C10H8ClN3O3S2/c1-5-4-17-10(12-5)18-8-7-6(13-9(11)14-8)2-3-19(7,15)16/h4H,2-3H2,1H3. The summed E-state index contributed by atoms with van der Waals surface area (Å²) in [5.41, 5.74) is 1.17. The van der Waals surface area contributed by atoms with Gasteiger partial charge in [-0.25, -0.2) is 23.4 Å². The molecule has 0 fully saturated rings. The molecule has 1 aliphatic heterocycles. The lowest BCUT2D eigenvalue weighted by Gasteiger charge is -2.04. The van der Waals surface area contributed by atoms with E-state index in [0.717, 1.165) is 11.8 Å². The monoisotopic (exact) mass is 317 g/mol. The predicted molar refractivity (Wildman–Crippen MR) is 68.2 cm³/mol. The van der Waals surface area contributed by atoms with Gasteiger partial charge in [-0.05, 0) is 30.3 Å². The van der Waals surface area contributed by atoms with E-state index in [9.17, 15) is 8.42 Å². The van der Waals surface area contributed by atoms with Gasteiger partial charge in [-0.15, -0.1) is 0 Å². The fraction of sp³-hybridized carbons (Fsp3) is 0.300. The minimum atomic E-state index is -3.34. The quantitative estimate of drug-likeness (QED) is 0.617. The number of oxazole rings is 1. The smallest absolute Gasteiger partial charge is 0.262 e. The van der Waals surface area contributed by atoms with E-state index in [1.54, 1.807) is 6.92 Å². The van der Waals surface area contributed by atoms with E-state index in [-0.39, 0.29) is 21.0 Å². The van der Waals surface area contributed by atoms with Gasteiger partial charge in [-0.2, -0.15) is 0 Å². The first-order chi connectivity index (χ1) is 8.95. The molecule has 0 unspecified atom stereocenters. The molecule has 0 aromatic carbocycles. The Hall–Kier alpha value is -1.12. The molecule has 0 saturated heterocycles. The minimum Gasteiger partial charge on any atom is -0.439 e. The molecule has 0 N–H and O–H groups in total. The first-order valence-electron chi connectivity index (χ1n) is 5.35. The van der Waals surface area contributed by atoms with Crippen molar-refractivity contribution in [3.8, 4) is 0 Å². The number of fused-ring (bicyclic) bond motifs is 1. The second-order valence-corrected chi connectivity index (χ2v) is 7.32. The fourth-order valence-corrected chi connectivity index (χ4v) is 4.81. The Bertz CT molecular complexity index is 757. The highest BCUT2D eigenvalue weighted by molar-refractivity contribution is 8.00. The SMILES string of the molecule is Cc1coc(Sc2nc(Cl)nc3c2S(=O)(=O)CC3)n1. The summed E-state index contributed by atoms with van der Waals surface area (Å²) in [6.45, 7) is 1.78. The van der Waals surface area contributed by atoms with Gasteiger partial charge in [0.2, 0.25) is 5.28 Å². The predicted octanol–water partition coefficient (Wildman–Crippen LogP) is 1.91. The van der Waals surface area contributed by atoms with Crippen LogP contribution in [0.4, 0.5) is 0 Å². The minimum absolute atomic E-state index is 0.0293. The van der Waals surface area contributed by atoms with E-state index in [2.05, 4.69) is 15.0 Å². The van der Waals surface area contributed by atoms with Gasteiger partial charge in [0.05, 0.1) is 17.1 Å². The molecule has 0 radical (unpaired) electrons. The second-order valence-electron chi connectivity index (χ2n) is 4.00. The summed E-state index contributed by atoms with van der Waals surface area (Å²) in [6.07, 6.45) is 1.85. The number of hydrogen-bond donors (Lipinski definition) is 0. The molecule has 0 aliphatic carbocycles. The summed E-state index contributed by atoms with van der Waals surface area (Å²) in [5.74, 6) is 0.0372. The van der Waals surface area contributed by atoms with E-state index in [1.807, 2.05) is 0 Å². The number of hydrogen-bond acceptors (Lipinski definition) is 7. The maximum absolute atomic E-state index is 12.0. The molecule has 0 saturated carbocycles. The van der Waals surface area contributed by atoms with Crippen LogP contribution in [0.1, 0.15) is 11.4 Å². The van der Waals surface area contributed by atoms with Crippen LogP contribution in [-0.4, -0.2) is 29.1 Å². The molecule has 3 rings (SSSR count). The Balaban J connectivity index is 2.11. The van der Waals surface area contributed by atoms with E-state index >= 15 is 0 Å². The van der Waals surface area contributed by atoms with Crippen molar-refractivity contribution in [3.05, 3.63) is 22.9 Å². The van der Waals surface area contributed by atoms with Gasteiger partial charge >= 0.3 is 0 Å². The lowest BCUT2D eigenvalue weighted by molar-refractivity contribution is 0.453. The van der Waals surface area contributed by atoms with E-state index in [4.69, 9.17) is 16.0 Å². The second kappa shape index (κ2) is 4.46. The van der Waals surface area contributed by atoms with Crippen molar-refractivity contribution in [1.82, 2.24) is 15.0 Å². The summed E-state index contributed by atoms with van der Waals surface area (Å²) in [5, 5.41) is 0.632. The Morgan fingerprint density at radius 1 is 1.37 bits per heavy atom. The van der Waals surface area contributed by atoms with Crippen LogP contribution in [-0.2, 0) is 16.3 Å². The average Bonchev–Trinajstić information content (AvgIpc) is 2.83. The van der Waals surface area contributed by atoms with Gasteiger partial charge in [0.25, 0.3) is 5.22 Å². The molecule has 1 aliphatic rings. The lowest BCUT2D eigenvalue weighted by atomic mass is 10.3. The fourth-order valence-electron chi connectivity index (χ4n) is 1.79. The molecule has 9 heteroatoms.